The van der Waals surface area contributed by atoms with E-state index in [1.54, 1.807) is 24.3 Å². The van der Waals surface area contributed by atoms with E-state index in [0.29, 0.717) is 10.6 Å². The third-order valence-corrected chi connectivity index (χ3v) is 1.74. The van der Waals surface area contributed by atoms with Crippen molar-refractivity contribution in [2.24, 2.45) is 0 Å². The van der Waals surface area contributed by atoms with Gasteiger partial charge in [0.1, 0.15) is 0 Å². The van der Waals surface area contributed by atoms with Crippen molar-refractivity contribution in [2.45, 2.75) is 27.3 Å². The molecule has 14 heavy (non-hydrogen) atoms. The minimum atomic E-state index is -0.0856. The van der Waals surface area contributed by atoms with Gasteiger partial charge in [0.25, 0.3) is 5.91 Å². The first-order valence-electron chi connectivity index (χ1n) is 4.16. The molecule has 0 aromatic heterocycles. The maximum atomic E-state index is 11.4. The van der Waals surface area contributed by atoms with E-state index in [4.69, 9.17) is 11.6 Å². The molecule has 0 aliphatic rings. The average Bonchev–Trinajstić information content (AvgIpc) is 2.03. The first-order chi connectivity index (χ1) is 6.09. The number of hydrogen-bond acceptors (Lipinski definition) is 1. The van der Waals surface area contributed by atoms with Crippen LogP contribution in [0.15, 0.2) is 24.3 Å². The number of carbonyl (C=O) groups is 1. The van der Waals surface area contributed by atoms with Gasteiger partial charge in [-0.3, -0.25) is 4.79 Å². The number of rotatable bonds is 2. The van der Waals surface area contributed by atoms with E-state index in [9.17, 15) is 4.79 Å². The summed E-state index contributed by atoms with van der Waals surface area (Å²) in [4.78, 5) is 11.4. The van der Waals surface area contributed by atoms with Gasteiger partial charge in [0, 0.05) is 16.6 Å². The monoisotopic (exact) mass is 213 g/mol. The van der Waals surface area contributed by atoms with Gasteiger partial charge in [0.05, 0.1) is 0 Å². The number of nitrogens with one attached hydrogen (secondary N) is 1. The summed E-state index contributed by atoms with van der Waals surface area (Å²) in [5.74, 6) is -0.0856. The molecule has 0 aliphatic carbocycles. The second-order valence-electron chi connectivity index (χ2n) is 3.14. The first-order valence-corrected chi connectivity index (χ1v) is 4.54. The summed E-state index contributed by atoms with van der Waals surface area (Å²) in [5.41, 5.74) is 0.598. The zero-order chi connectivity index (χ0) is 9.84. The number of benzene rings is 1. The molecule has 0 unspecified atom stereocenters. The van der Waals surface area contributed by atoms with Gasteiger partial charge in [-0.05, 0) is 32.0 Å². The second-order valence-corrected chi connectivity index (χ2v) is 3.57. The predicted molar refractivity (Wildman–Crippen MR) is 60.8 cm³/mol. The second kappa shape index (κ2) is 5.66. The highest BCUT2D eigenvalue weighted by Crippen LogP contribution is 2.10. The largest absolute Gasteiger partial charge is 0.350 e. The van der Waals surface area contributed by atoms with Crippen molar-refractivity contribution >= 4 is 17.5 Å². The fourth-order valence-electron chi connectivity index (χ4n) is 0.975. The molecule has 1 aromatic carbocycles. The zero-order valence-electron chi connectivity index (χ0n) is 7.67. The summed E-state index contributed by atoms with van der Waals surface area (Å²) in [7, 11) is 0. The maximum Gasteiger partial charge on any atom is 0.251 e. The van der Waals surface area contributed by atoms with Crippen molar-refractivity contribution in [1.29, 1.82) is 0 Å². The van der Waals surface area contributed by atoms with Crippen molar-refractivity contribution in [3.63, 3.8) is 0 Å². The van der Waals surface area contributed by atoms with Crippen molar-refractivity contribution in [2.75, 3.05) is 0 Å². The van der Waals surface area contributed by atoms with Crippen LogP contribution in [0.3, 0.4) is 0 Å². The SMILES string of the molecule is C.CC(C)NC(=O)c1cccc(Cl)c1. The van der Waals surface area contributed by atoms with Crippen LogP contribution in [-0.2, 0) is 0 Å². The molecule has 1 amide bonds. The van der Waals surface area contributed by atoms with E-state index in [2.05, 4.69) is 5.32 Å². The lowest BCUT2D eigenvalue weighted by atomic mass is 10.2. The molecule has 0 saturated carbocycles. The molecule has 0 radical (unpaired) electrons. The Balaban J connectivity index is 0.00000169. The Morgan fingerprint density at radius 2 is 2.07 bits per heavy atom. The van der Waals surface area contributed by atoms with Crippen LogP contribution >= 0.6 is 11.6 Å². The Bertz CT molecular complexity index is 310. The highest BCUT2D eigenvalue weighted by Gasteiger charge is 2.05. The van der Waals surface area contributed by atoms with Crippen LogP contribution in [0, 0.1) is 0 Å². The summed E-state index contributed by atoms with van der Waals surface area (Å²) >= 11 is 5.75. The van der Waals surface area contributed by atoms with Crippen molar-refractivity contribution < 1.29 is 4.79 Å². The van der Waals surface area contributed by atoms with Crippen molar-refractivity contribution in [1.82, 2.24) is 5.32 Å². The molecule has 3 heteroatoms. The lowest BCUT2D eigenvalue weighted by molar-refractivity contribution is 0.0943. The smallest absolute Gasteiger partial charge is 0.251 e. The zero-order valence-corrected chi connectivity index (χ0v) is 8.43. The summed E-state index contributed by atoms with van der Waals surface area (Å²) in [6.45, 7) is 3.84. The number of halogens is 1. The molecule has 1 rings (SSSR count). The number of carbonyl (C=O) groups excluding carboxylic acids is 1. The Labute approximate surface area is 90.3 Å². The van der Waals surface area contributed by atoms with Crippen LogP contribution < -0.4 is 5.32 Å². The lowest BCUT2D eigenvalue weighted by Crippen LogP contribution is -2.29. The quantitative estimate of drug-likeness (QED) is 0.804. The lowest BCUT2D eigenvalue weighted by Gasteiger charge is -2.07. The van der Waals surface area contributed by atoms with Gasteiger partial charge in [-0.25, -0.2) is 0 Å². The summed E-state index contributed by atoms with van der Waals surface area (Å²) in [6, 6.07) is 7.04. The molecule has 0 atom stereocenters. The van der Waals surface area contributed by atoms with Crippen LogP contribution in [0.4, 0.5) is 0 Å². The van der Waals surface area contributed by atoms with E-state index in [-0.39, 0.29) is 19.4 Å². The Morgan fingerprint density at radius 1 is 1.43 bits per heavy atom. The fraction of sp³-hybridized carbons (Fsp3) is 0.364. The molecule has 0 fully saturated rings. The standard InChI is InChI=1S/C10H12ClNO.CH4/c1-7(2)12-10(13)8-4-3-5-9(11)6-8;/h3-7H,1-2H3,(H,12,13);1H4. The van der Waals surface area contributed by atoms with Gasteiger partial charge < -0.3 is 5.32 Å². The van der Waals surface area contributed by atoms with Crippen LogP contribution in [0.2, 0.25) is 5.02 Å². The fourth-order valence-corrected chi connectivity index (χ4v) is 1.17. The minimum Gasteiger partial charge on any atom is -0.350 e. The van der Waals surface area contributed by atoms with Gasteiger partial charge >= 0.3 is 0 Å². The molecule has 0 spiro atoms. The first kappa shape index (κ1) is 13.0. The highest BCUT2D eigenvalue weighted by atomic mass is 35.5. The molecule has 0 heterocycles. The van der Waals surface area contributed by atoms with Crippen molar-refractivity contribution in [3.8, 4) is 0 Å². The Morgan fingerprint density at radius 3 is 2.57 bits per heavy atom. The predicted octanol–water partition coefficient (Wildman–Crippen LogP) is 3.11. The van der Waals surface area contributed by atoms with E-state index >= 15 is 0 Å². The Hall–Kier alpha value is -1.02. The third kappa shape index (κ3) is 3.79. The molecule has 1 N–H and O–H groups in total. The maximum absolute atomic E-state index is 11.4. The number of hydrogen-bond donors (Lipinski definition) is 1. The third-order valence-electron chi connectivity index (χ3n) is 1.51. The Kier molecular flexibility index (Phi) is 5.24. The molecular formula is C11H16ClNO. The molecule has 0 aliphatic heterocycles. The average molecular weight is 214 g/mol. The normalized spacial score (nSPS) is 9.43. The van der Waals surface area contributed by atoms with Gasteiger partial charge in [0.2, 0.25) is 0 Å². The summed E-state index contributed by atoms with van der Waals surface area (Å²) in [5, 5.41) is 3.37. The van der Waals surface area contributed by atoms with Crippen LogP contribution in [0.1, 0.15) is 31.6 Å². The van der Waals surface area contributed by atoms with Gasteiger partial charge in [-0.2, -0.15) is 0 Å². The summed E-state index contributed by atoms with van der Waals surface area (Å²) in [6.07, 6.45) is 0. The van der Waals surface area contributed by atoms with E-state index in [0.717, 1.165) is 0 Å². The van der Waals surface area contributed by atoms with Crippen molar-refractivity contribution in [3.05, 3.63) is 34.9 Å². The van der Waals surface area contributed by atoms with Gasteiger partial charge in [0.15, 0.2) is 0 Å². The molecule has 0 saturated heterocycles. The van der Waals surface area contributed by atoms with Crippen LogP contribution in [0.5, 0.6) is 0 Å². The van der Waals surface area contributed by atoms with Gasteiger partial charge in [-0.15, -0.1) is 0 Å². The minimum absolute atomic E-state index is 0. The molecule has 0 bridgehead atoms. The van der Waals surface area contributed by atoms with Gasteiger partial charge in [-0.1, -0.05) is 25.1 Å². The topological polar surface area (TPSA) is 29.1 Å². The van der Waals surface area contributed by atoms with Crippen LogP contribution in [-0.4, -0.2) is 11.9 Å². The molecule has 2 nitrogen and oxygen atoms in total. The molecule has 78 valence electrons. The summed E-state index contributed by atoms with van der Waals surface area (Å²) < 4.78 is 0. The highest BCUT2D eigenvalue weighted by molar-refractivity contribution is 6.30. The molecular weight excluding hydrogens is 198 g/mol. The van der Waals surface area contributed by atoms with E-state index < -0.39 is 0 Å². The van der Waals surface area contributed by atoms with E-state index in [1.165, 1.54) is 0 Å². The van der Waals surface area contributed by atoms with Crippen LogP contribution in [0.25, 0.3) is 0 Å². The number of amides is 1. The van der Waals surface area contributed by atoms with E-state index in [1.807, 2.05) is 13.8 Å². The molecule has 1 aromatic rings.